The van der Waals surface area contributed by atoms with Crippen molar-refractivity contribution in [1.82, 2.24) is 15.3 Å². The van der Waals surface area contributed by atoms with Crippen molar-refractivity contribution in [2.45, 2.75) is 12.6 Å². The molecule has 2 aromatic heterocycles. The topological polar surface area (TPSA) is 93.2 Å². The van der Waals surface area contributed by atoms with E-state index in [4.69, 9.17) is 16.3 Å². The molecule has 1 atom stereocenters. The second-order valence-corrected chi connectivity index (χ2v) is 8.06. The minimum absolute atomic E-state index is 0.0409. The van der Waals surface area contributed by atoms with Gasteiger partial charge < -0.3 is 15.4 Å². The van der Waals surface area contributed by atoms with E-state index in [1.54, 1.807) is 54.7 Å². The number of aromatic nitrogens is 2. The molecule has 7 nitrogen and oxygen atoms in total. The number of pyridine rings is 2. The summed E-state index contributed by atoms with van der Waals surface area (Å²) < 4.78 is 6.06. The number of halogens is 1. The number of ketones is 1. The Morgan fingerprint density at radius 1 is 0.941 bits per heavy atom. The number of ether oxygens (including phenoxy) is 1. The monoisotopic (exact) mass is 470 g/mol. The van der Waals surface area contributed by atoms with Crippen molar-refractivity contribution in [3.63, 3.8) is 0 Å². The fraction of sp³-hybridized carbons (Fsp3) is 0.0769. The van der Waals surface area contributed by atoms with Gasteiger partial charge in [0.1, 0.15) is 17.5 Å². The second kappa shape index (κ2) is 9.33. The third kappa shape index (κ3) is 4.33. The van der Waals surface area contributed by atoms with Gasteiger partial charge in [0, 0.05) is 23.0 Å². The number of benzene rings is 2. The van der Waals surface area contributed by atoms with Crippen LogP contribution in [0.3, 0.4) is 0 Å². The van der Waals surface area contributed by atoms with Crippen molar-refractivity contribution >= 4 is 29.0 Å². The molecule has 0 radical (unpaired) electrons. The number of hydrogen-bond acceptors (Lipinski definition) is 6. The molecule has 0 bridgehead atoms. The number of carbonyl (C=O) groups is 2. The van der Waals surface area contributed by atoms with Crippen LogP contribution in [0.5, 0.6) is 11.5 Å². The van der Waals surface area contributed by atoms with Crippen molar-refractivity contribution in [2.75, 3.05) is 5.32 Å². The Kier molecular flexibility index (Phi) is 5.93. The van der Waals surface area contributed by atoms with Gasteiger partial charge in [-0.3, -0.25) is 19.6 Å². The zero-order valence-electron chi connectivity index (χ0n) is 17.9. The molecule has 1 amide bonds. The lowest BCUT2D eigenvalue weighted by Gasteiger charge is -2.19. The molecule has 0 saturated carbocycles. The van der Waals surface area contributed by atoms with Gasteiger partial charge in [-0.1, -0.05) is 35.9 Å². The van der Waals surface area contributed by atoms with Crippen LogP contribution in [0.4, 0.5) is 5.69 Å². The number of para-hydroxylation sites is 1. The number of hydrogen-bond donors (Lipinski definition) is 2. The SMILES string of the molecule is O=C(NCc1ccccn1)c1ncccc1C(=O)C1Nc2cc(Cl)ccc2Oc2ccccc21. The average molecular weight is 471 g/mol. The van der Waals surface area contributed by atoms with Crippen LogP contribution in [-0.2, 0) is 6.54 Å². The molecule has 1 aliphatic rings. The fourth-order valence-corrected chi connectivity index (χ4v) is 3.94. The quantitative estimate of drug-likeness (QED) is 0.389. The molecule has 2 aromatic carbocycles. The third-order valence-corrected chi connectivity index (χ3v) is 5.63. The maximum Gasteiger partial charge on any atom is 0.270 e. The average Bonchev–Trinajstić information content (AvgIpc) is 3.04. The van der Waals surface area contributed by atoms with E-state index in [1.807, 2.05) is 24.3 Å². The predicted octanol–water partition coefficient (Wildman–Crippen LogP) is 5.20. The van der Waals surface area contributed by atoms with Gasteiger partial charge in [-0.2, -0.15) is 0 Å². The Morgan fingerprint density at radius 3 is 2.62 bits per heavy atom. The highest BCUT2D eigenvalue weighted by atomic mass is 35.5. The van der Waals surface area contributed by atoms with Crippen LogP contribution in [-0.4, -0.2) is 21.7 Å². The summed E-state index contributed by atoms with van der Waals surface area (Å²) in [6.07, 6.45) is 3.14. The molecule has 168 valence electrons. The highest BCUT2D eigenvalue weighted by Crippen LogP contribution is 2.42. The van der Waals surface area contributed by atoms with Crippen molar-refractivity contribution in [1.29, 1.82) is 0 Å². The number of carbonyl (C=O) groups excluding carboxylic acids is 2. The Balaban J connectivity index is 1.49. The van der Waals surface area contributed by atoms with Crippen LogP contribution in [0.25, 0.3) is 0 Å². The highest BCUT2D eigenvalue weighted by molar-refractivity contribution is 6.31. The van der Waals surface area contributed by atoms with Crippen molar-refractivity contribution < 1.29 is 14.3 Å². The van der Waals surface area contributed by atoms with Gasteiger partial charge in [0.25, 0.3) is 5.91 Å². The van der Waals surface area contributed by atoms with Gasteiger partial charge in [-0.25, -0.2) is 0 Å². The summed E-state index contributed by atoms with van der Waals surface area (Å²) in [5.74, 6) is 0.308. The fourth-order valence-electron chi connectivity index (χ4n) is 3.77. The first kappa shape index (κ1) is 21.6. The van der Waals surface area contributed by atoms with Crippen molar-refractivity contribution in [3.8, 4) is 11.5 Å². The third-order valence-electron chi connectivity index (χ3n) is 5.40. The zero-order valence-corrected chi connectivity index (χ0v) is 18.6. The molecule has 5 rings (SSSR count). The van der Waals surface area contributed by atoms with Gasteiger partial charge in [0.15, 0.2) is 11.5 Å². The first-order chi connectivity index (χ1) is 16.6. The van der Waals surface area contributed by atoms with Gasteiger partial charge in [-0.05, 0) is 48.5 Å². The Hall–Kier alpha value is -4.23. The van der Waals surface area contributed by atoms with E-state index in [2.05, 4.69) is 20.6 Å². The van der Waals surface area contributed by atoms with E-state index in [9.17, 15) is 9.59 Å². The van der Waals surface area contributed by atoms with Crippen LogP contribution in [0.15, 0.2) is 85.2 Å². The van der Waals surface area contributed by atoms with E-state index in [0.29, 0.717) is 33.5 Å². The van der Waals surface area contributed by atoms with Crippen LogP contribution in [0.1, 0.15) is 38.1 Å². The van der Waals surface area contributed by atoms with E-state index >= 15 is 0 Å². The molecule has 34 heavy (non-hydrogen) atoms. The lowest BCUT2D eigenvalue weighted by Crippen LogP contribution is -2.29. The smallest absolute Gasteiger partial charge is 0.270 e. The number of Topliss-reactive ketones (excluding diaryl/α,β-unsaturated/α-hetero) is 1. The Labute approximate surface area is 200 Å². The molecule has 3 heterocycles. The minimum Gasteiger partial charge on any atom is -0.455 e. The molecule has 0 saturated heterocycles. The highest BCUT2D eigenvalue weighted by Gasteiger charge is 2.31. The van der Waals surface area contributed by atoms with Crippen molar-refractivity contribution in [3.05, 3.63) is 113 Å². The molecule has 0 fully saturated rings. The lowest BCUT2D eigenvalue weighted by atomic mass is 9.95. The number of nitrogens with zero attached hydrogens (tertiary/aromatic N) is 2. The van der Waals surface area contributed by atoms with E-state index < -0.39 is 11.9 Å². The Morgan fingerprint density at radius 2 is 1.76 bits per heavy atom. The number of rotatable bonds is 5. The summed E-state index contributed by atoms with van der Waals surface area (Å²) in [5, 5.41) is 6.54. The maximum atomic E-state index is 13.8. The normalized spacial score (nSPS) is 14.0. The summed E-state index contributed by atoms with van der Waals surface area (Å²) in [5.41, 5.74) is 2.15. The van der Waals surface area contributed by atoms with E-state index in [1.165, 1.54) is 6.20 Å². The molecule has 2 N–H and O–H groups in total. The van der Waals surface area contributed by atoms with Gasteiger partial charge >= 0.3 is 0 Å². The van der Waals surface area contributed by atoms with Gasteiger partial charge in [0.2, 0.25) is 0 Å². The molecule has 8 heteroatoms. The summed E-state index contributed by atoms with van der Waals surface area (Å²) in [6.45, 7) is 0.216. The second-order valence-electron chi connectivity index (χ2n) is 7.63. The molecule has 1 unspecified atom stereocenters. The Bertz CT molecular complexity index is 1380. The van der Waals surface area contributed by atoms with Crippen LogP contribution in [0.2, 0.25) is 5.02 Å². The maximum absolute atomic E-state index is 13.8. The summed E-state index contributed by atoms with van der Waals surface area (Å²) in [4.78, 5) is 35.2. The standard InChI is InChI=1S/C26H19ClN4O3/c27-16-10-11-22-20(14-16)31-23(18-7-1-2-9-21(18)34-22)25(32)19-8-5-13-29-24(19)26(33)30-15-17-6-3-4-12-28-17/h1-14,23,31H,15H2,(H,30,33). The van der Waals surface area contributed by atoms with E-state index in [0.717, 1.165) is 0 Å². The van der Waals surface area contributed by atoms with E-state index in [-0.39, 0.29) is 23.6 Å². The van der Waals surface area contributed by atoms with Crippen LogP contribution in [0, 0.1) is 0 Å². The number of amides is 1. The van der Waals surface area contributed by atoms with Crippen LogP contribution >= 0.6 is 11.6 Å². The summed E-state index contributed by atoms with van der Waals surface area (Å²) in [6, 6.07) is 20.3. The molecule has 0 aliphatic carbocycles. The predicted molar refractivity (Wildman–Crippen MR) is 128 cm³/mol. The minimum atomic E-state index is -0.817. The first-order valence-electron chi connectivity index (χ1n) is 10.6. The van der Waals surface area contributed by atoms with Crippen LogP contribution < -0.4 is 15.4 Å². The molecule has 1 aliphatic heterocycles. The van der Waals surface area contributed by atoms with Crippen molar-refractivity contribution in [2.24, 2.45) is 0 Å². The largest absolute Gasteiger partial charge is 0.455 e. The molecular formula is C26H19ClN4O3. The number of nitrogens with one attached hydrogen (secondary N) is 2. The lowest BCUT2D eigenvalue weighted by molar-refractivity contribution is 0.0920. The molecule has 0 spiro atoms. The number of fused-ring (bicyclic) bond motifs is 2. The first-order valence-corrected chi connectivity index (χ1v) is 11.0. The van der Waals surface area contributed by atoms with Gasteiger partial charge in [-0.15, -0.1) is 0 Å². The van der Waals surface area contributed by atoms with Gasteiger partial charge in [0.05, 0.1) is 23.5 Å². The summed E-state index contributed by atoms with van der Waals surface area (Å²) >= 11 is 6.19. The molecule has 4 aromatic rings. The summed E-state index contributed by atoms with van der Waals surface area (Å²) in [7, 11) is 0. The number of anilines is 1. The molecular weight excluding hydrogens is 452 g/mol. The zero-order chi connectivity index (χ0) is 23.5.